The fourth-order valence-electron chi connectivity index (χ4n) is 2.53. The van der Waals surface area contributed by atoms with Gasteiger partial charge in [-0.05, 0) is 25.5 Å². The predicted molar refractivity (Wildman–Crippen MR) is 70.3 cm³/mol. The van der Waals surface area contributed by atoms with Crippen LogP contribution in [0.5, 0.6) is 0 Å². The lowest BCUT2D eigenvalue weighted by atomic mass is 10.1. The van der Waals surface area contributed by atoms with Gasteiger partial charge in [0.05, 0.1) is 12.3 Å². The molecule has 0 spiro atoms. The Morgan fingerprint density at radius 2 is 2.28 bits per heavy atom. The van der Waals surface area contributed by atoms with Crippen molar-refractivity contribution in [3.05, 3.63) is 24.2 Å². The second-order valence-corrected chi connectivity index (χ2v) is 5.33. The minimum absolute atomic E-state index is 0.0101. The van der Waals surface area contributed by atoms with Crippen molar-refractivity contribution in [3.8, 4) is 0 Å². The Kier molecular flexibility index (Phi) is 4.07. The summed E-state index contributed by atoms with van der Waals surface area (Å²) in [5.74, 6) is 1.17. The smallest absolute Gasteiger partial charge is 0.240 e. The van der Waals surface area contributed by atoms with Crippen LogP contribution in [0.25, 0.3) is 0 Å². The van der Waals surface area contributed by atoms with Crippen LogP contribution < -0.4 is 5.32 Å². The van der Waals surface area contributed by atoms with E-state index in [1.807, 2.05) is 17.0 Å². The zero-order chi connectivity index (χ0) is 13.1. The molecule has 1 amide bonds. The summed E-state index contributed by atoms with van der Waals surface area (Å²) >= 11 is 0. The summed E-state index contributed by atoms with van der Waals surface area (Å²) in [5, 5.41) is 3.32. The van der Waals surface area contributed by atoms with E-state index in [9.17, 15) is 4.79 Å². The van der Waals surface area contributed by atoms with E-state index in [2.05, 4.69) is 26.1 Å². The van der Waals surface area contributed by atoms with Crippen molar-refractivity contribution in [2.75, 3.05) is 6.54 Å². The van der Waals surface area contributed by atoms with Crippen molar-refractivity contribution in [2.45, 2.75) is 51.7 Å². The Morgan fingerprint density at radius 1 is 1.50 bits per heavy atom. The zero-order valence-corrected chi connectivity index (χ0v) is 11.3. The molecule has 1 aromatic heterocycles. The van der Waals surface area contributed by atoms with Crippen LogP contribution in [0.2, 0.25) is 0 Å². The Bertz CT molecular complexity index is 387. The maximum atomic E-state index is 12.2. The van der Waals surface area contributed by atoms with E-state index in [0.717, 1.165) is 25.1 Å². The van der Waals surface area contributed by atoms with Crippen molar-refractivity contribution >= 4 is 5.91 Å². The van der Waals surface area contributed by atoms with Crippen molar-refractivity contribution in [3.63, 3.8) is 0 Å². The average Bonchev–Trinajstić information content (AvgIpc) is 2.90. The van der Waals surface area contributed by atoms with Gasteiger partial charge in [0.15, 0.2) is 0 Å². The second kappa shape index (κ2) is 5.57. The summed E-state index contributed by atoms with van der Waals surface area (Å²) in [6.45, 7) is 7.06. The molecule has 2 unspecified atom stereocenters. The van der Waals surface area contributed by atoms with Crippen LogP contribution in [-0.4, -0.2) is 35.5 Å². The molecule has 0 bridgehead atoms. The molecule has 2 atom stereocenters. The molecular weight excluding hydrogens is 228 g/mol. The van der Waals surface area contributed by atoms with Gasteiger partial charge in [0.25, 0.3) is 0 Å². The molecule has 2 heterocycles. The number of nitrogens with zero attached hydrogens (tertiary/aromatic N) is 1. The van der Waals surface area contributed by atoms with Crippen LogP contribution in [0, 0.1) is 0 Å². The third-order valence-electron chi connectivity index (χ3n) is 3.38. The van der Waals surface area contributed by atoms with Gasteiger partial charge in [-0.25, -0.2) is 0 Å². The van der Waals surface area contributed by atoms with Crippen LogP contribution >= 0.6 is 0 Å². The van der Waals surface area contributed by atoms with E-state index < -0.39 is 0 Å². The van der Waals surface area contributed by atoms with Gasteiger partial charge in [-0.15, -0.1) is 0 Å². The number of nitrogens with one attached hydrogen (secondary N) is 1. The molecule has 0 aliphatic carbocycles. The number of hydrogen-bond acceptors (Lipinski definition) is 3. The number of rotatable bonds is 5. The summed E-state index contributed by atoms with van der Waals surface area (Å²) < 4.78 is 5.34. The summed E-state index contributed by atoms with van der Waals surface area (Å²) in [6, 6.07) is 4.38. The zero-order valence-electron chi connectivity index (χ0n) is 11.3. The number of amides is 1. The summed E-state index contributed by atoms with van der Waals surface area (Å²) in [5.41, 5.74) is 0. The topological polar surface area (TPSA) is 45.5 Å². The molecule has 1 aliphatic rings. The molecule has 1 saturated heterocycles. The van der Waals surface area contributed by atoms with Gasteiger partial charge < -0.3 is 14.6 Å². The van der Waals surface area contributed by atoms with Gasteiger partial charge in [-0.2, -0.15) is 0 Å². The van der Waals surface area contributed by atoms with Gasteiger partial charge >= 0.3 is 0 Å². The van der Waals surface area contributed by atoms with Gasteiger partial charge in [-0.1, -0.05) is 13.8 Å². The molecule has 1 aliphatic heterocycles. The predicted octanol–water partition coefficient (Wildman–Crippen LogP) is 1.81. The highest BCUT2D eigenvalue weighted by molar-refractivity contribution is 5.84. The summed E-state index contributed by atoms with van der Waals surface area (Å²) in [6.07, 6.45) is 3.36. The molecule has 4 heteroatoms. The fraction of sp³-hybridized carbons (Fsp3) is 0.643. The molecule has 4 nitrogen and oxygen atoms in total. The van der Waals surface area contributed by atoms with E-state index in [1.165, 1.54) is 0 Å². The second-order valence-electron chi connectivity index (χ2n) is 5.33. The van der Waals surface area contributed by atoms with E-state index in [1.54, 1.807) is 6.26 Å². The van der Waals surface area contributed by atoms with Crippen molar-refractivity contribution in [1.29, 1.82) is 0 Å². The van der Waals surface area contributed by atoms with Gasteiger partial charge in [0.1, 0.15) is 5.76 Å². The van der Waals surface area contributed by atoms with Crippen molar-refractivity contribution in [2.24, 2.45) is 0 Å². The molecule has 1 fully saturated rings. The minimum Gasteiger partial charge on any atom is -0.469 e. The van der Waals surface area contributed by atoms with E-state index in [0.29, 0.717) is 6.04 Å². The van der Waals surface area contributed by atoms with Gasteiger partial charge in [0, 0.05) is 25.0 Å². The molecule has 2 rings (SSSR count). The first kappa shape index (κ1) is 13.1. The summed E-state index contributed by atoms with van der Waals surface area (Å²) in [4.78, 5) is 14.2. The third-order valence-corrected chi connectivity index (χ3v) is 3.38. The van der Waals surface area contributed by atoms with E-state index in [-0.39, 0.29) is 18.0 Å². The molecule has 100 valence electrons. The standard InChI is InChI=1S/C14H22N2O2/c1-10(2)15-13-6-7-16(14(13)17)11(3)9-12-5-4-8-18-12/h4-5,8,10-11,13,15H,6-7,9H2,1-3H3. The molecular formula is C14H22N2O2. The molecule has 0 radical (unpaired) electrons. The minimum atomic E-state index is -0.0101. The Labute approximate surface area is 108 Å². The SMILES string of the molecule is CC(C)NC1CCN(C(C)Cc2ccco2)C1=O. The number of hydrogen-bond donors (Lipinski definition) is 1. The molecule has 0 aromatic carbocycles. The third kappa shape index (κ3) is 2.93. The highest BCUT2D eigenvalue weighted by Crippen LogP contribution is 2.18. The lowest BCUT2D eigenvalue weighted by molar-refractivity contribution is -0.131. The first-order chi connectivity index (χ1) is 8.58. The van der Waals surface area contributed by atoms with E-state index >= 15 is 0 Å². The lowest BCUT2D eigenvalue weighted by Crippen LogP contribution is -2.44. The van der Waals surface area contributed by atoms with Crippen LogP contribution in [-0.2, 0) is 11.2 Å². The quantitative estimate of drug-likeness (QED) is 0.867. The maximum absolute atomic E-state index is 12.2. The Balaban J connectivity index is 1.92. The van der Waals surface area contributed by atoms with Gasteiger partial charge in [-0.3, -0.25) is 4.79 Å². The number of carbonyl (C=O) groups is 1. The van der Waals surface area contributed by atoms with Crippen molar-refractivity contribution in [1.82, 2.24) is 10.2 Å². The Morgan fingerprint density at radius 3 is 2.89 bits per heavy atom. The highest BCUT2D eigenvalue weighted by atomic mass is 16.3. The van der Waals surface area contributed by atoms with Crippen LogP contribution in [0.3, 0.4) is 0 Å². The van der Waals surface area contributed by atoms with Crippen LogP contribution in [0.4, 0.5) is 0 Å². The number of furan rings is 1. The lowest BCUT2D eigenvalue weighted by Gasteiger charge is -2.24. The van der Waals surface area contributed by atoms with E-state index in [4.69, 9.17) is 4.42 Å². The Hall–Kier alpha value is -1.29. The maximum Gasteiger partial charge on any atom is 0.240 e. The summed E-state index contributed by atoms with van der Waals surface area (Å²) in [7, 11) is 0. The number of carbonyl (C=O) groups excluding carboxylic acids is 1. The largest absolute Gasteiger partial charge is 0.469 e. The molecule has 1 aromatic rings. The fourth-order valence-corrected chi connectivity index (χ4v) is 2.53. The van der Waals surface area contributed by atoms with Crippen LogP contribution in [0.1, 0.15) is 33.0 Å². The van der Waals surface area contributed by atoms with Crippen LogP contribution in [0.15, 0.2) is 22.8 Å². The normalized spacial score (nSPS) is 21.9. The molecule has 1 N–H and O–H groups in total. The first-order valence-corrected chi connectivity index (χ1v) is 6.67. The molecule has 0 saturated carbocycles. The number of likely N-dealkylation sites (tertiary alicyclic amines) is 1. The first-order valence-electron chi connectivity index (χ1n) is 6.67. The average molecular weight is 250 g/mol. The highest BCUT2D eigenvalue weighted by Gasteiger charge is 2.34. The molecule has 18 heavy (non-hydrogen) atoms. The monoisotopic (exact) mass is 250 g/mol. The van der Waals surface area contributed by atoms with Crippen molar-refractivity contribution < 1.29 is 9.21 Å². The van der Waals surface area contributed by atoms with Gasteiger partial charge in [0.2, 0.25) is 5.91 Å².